The number of hydrogen-bond donors (Lipinski definition) is 1. The van der Waals surface area contributed by atoms with E-state index in [4.69, 9.17) is 4.74 Å². The van der Waals surface area contributed by atoms with Gasteiger partial charge in [0.15, 0.2) is 0 Å². The van der Waals surface area contributed by atoms with Crippen LogP contribution in [0.4, 0.5) is 5.69 Å². The highest BCUT2D eigenvalue weighted by Crippen LogP contribution is 2.45. The van der Waals surface area contributed by atoms with Crippen LogP contribution in [-0.2, 0) is 4.74 Å². The van der Waals surface area contributed by atoms with E-state index < -0.39 is 0 Å². The van der Waals surface area contributed by atoms with Crippen LogP contribution in [0.1, 0.15) is 39.7 Å². The number of ether oxygens (including phenoxy) is 1. The van der Waals surface area contributed by atoms with E-state index in [1.165, 1.54) is 11.3 Å². The molecule has 112 valence electrons. The molecule has 0 radical (unpaired) electrons. The second-order valence-corrected chi connectivity index (χ2v) is 7.74. The Morgan fingerprint density at radius 1 is 1.40 bits per heavy atom. The van der Waals surface area contributed by atoms with Crippen LogP contribution < -0.4 is 5.32 Å². The molecule has 0 amide bonds. The van der Waals surface area contributed by atoms with E-state index in [0.29, 0.717) is 18.1 Å². The summed E-state index contributed by atoms with van der Waals surface area (Å²) in [7, 11) is 0. The highest BCUT2D eigenvalue weighted by molar-refractivity contribution is 9.10. The molecular formula is C17H26BrNO. The number of anilines is 1. The minimum absolute atomic E-state index is 0.184. The molecule has 2 rings (SSSR count). The molecule has 1 fully saturated rings. The highest BCUT2D eigenvalue weighted by Gasteiger charge is 2.49. The zero-order chi connectivity index (χ0) is 14.9. The van der Waals surface area contributed by atoms with Crippen molar-refractivity contribution in [3.8, 4) is 0 Å². The Balaban J connectivity index is 1.97. The summed E-state index contributed by atoms with van der Waals surface area (Å²) in [5.74, 6) is 0.602. The van der Waals surface area contributed by atoms with Crippen LogP contribution >= 0.6 is 15.9 Å². The Labute approximate surface area is 131 Å². The summed E-state index contributed by atoms with van der Waals surface area (Å²) in [4.78, 5) is 0. The van der Waals surface area contributed by atoms with Gasteiger partial charge in [-0.25, -0.2) is 0 Å². The molecule has 2 atom stereocenters. The number of rotatable bonds is 5. The second kappa shape index (κ2) is 6.07. The van der Waals surface area contributed by atoms with Crippen molar-refractivity contribution in [1.29, 1.82) is 0 Å². The predicted octanol–water partition coefficient (Wildman–Crippen LogP) is 5.01. The molecule has 0 bridgehead atoms. The van der Waals surface area contributed by atoms with Crippen molar-refractivity contribution in [3.63, 3.8) is 0 Å². The summed E-state index contributed by atoms with van der Waals surface area (Å²) in [6.07, 6.45) is 1.46. The minimum atomic E-state index is 0.184. The molecule has 0 aromatic heterocycles. The van der Waals surface area contributed by atoms with Crippen LogP contribution in [0.25, 0.3) is 0 Å². The maximum Gasteiger partial charge on any atom is 0.0665 e. The molecule has 0 spiro atoms. The Hall–Kier alpha value is -0.540. The van der Waals surface area contributed by atoms with Gasteiger partial charge in [-0.15, -0.1) is 0 Å². The zero-order valence-corrected chi connectivity index (χ0v) is 14.8. The van der Waals surface area contributed by atoms with Crippen LogP contribution in [0, 0.1) is 18.3 Å². The molecule has 1 N–H and O–H groups in total. The van der Waals surface area contributed by atoms with E-state index in [1.54, 1.807) is 0 Å². The van der Waals surface area contributed by atoms with E-state index in [2.05, 4.69) is 74.1 Å². The third kappa shape index (κ3) is 3.20. The maximum atomic E-state index is 6.03. The van der Waals surface area contributed by atoms with E-state index in [9.17, 15) is 0 Å². The number of halogens is 1. The van der Waals surface area contributed by atoms with Crippen molar-refractivity contribution in [1.82, 2.24) is 0 Å². The quantitative estimate of drug-likeness (QED) is 0.814. The first-order valence-electron chi connectivity index (χ1n) is 7.45. The SMILES string of the molecule is Cc1c(Br)cccc1NC1CC(OCC(C)C)C1(C)C. The van der Waals surface area contributed by atoms with Gasteiger partial charge in [-0.2, -0.15) is 0 Å². The normalized spacial score (nSPS) is 24.6. The molecular weight excluding hydrogens is 314 g/mol. The first kappa shape index (κ1) is 15.8. The van der Waals surface area contributed by atoms with Gasteiger partial charge in [0.1, 0.15) is 0 Å². The average Bonchev–Trinajstić information content (AvgIpc) is 2.37. The van der Waals surface area contributed by atoms with Crippen molar-refractivity contribution in [2.45, 2.75) is 53.2 Å². The lowest BCUT2D eigenvalue weighted by atomic mass is 9.64. The molecule has 2 nitrogen and oxygen atoms in total. The largest absolute Gasteiger partial charge is 0.381 e. The van der Waals surface area contributed by atoms with E-state index in [-0.39, 0.29) is 5.41 Å². The first-order valence-corrected chi connectivity index (χ1v) is 8.25. The Morgan fingerprint density at radius 3 is 2.70 bits per heavy atom. The fraction of sp³-hybridized carbons (Fsp3) is 0.647. The summed E-state index contributed by atoms with van der Waals surface area (Å²) >= 11 is 3.59. The minimum Gasteiger partial charge on any atom is -0.381 e. The van der Waals surface area contributed by atoms with E-state index in [0.717, 1.165) is 17.5 Å². The lowest BCUT2D eigenvalue weighted by Crippen LogP contribution is -2.58. The Bertz CT molecular complexity index is 470. The van der Waals surface area contributed by atoms with Crippen molar-refractivity contribution in [3.05, 3.63) is 28.2 Å². The molecule has 1 aromatic carbocycles. The van der Waals surface area contributed by atoms with Crippen LogP contribution in [0.5, 0.6) is 0 Å². The third-order valence-electron chi connectivity index (χ3n) is 4.41. The lowest BCUT2D eigenvalue weighted by Gasteiger charge is -2.52. The van der Waals surface area contributed by atoms with Crippen molar-refractivity contribution >= 4 is 21.6 Å². The van der Waals surface area contributed by atoms with Crippen LogP contribution in [-0.4, -0.2) is 18.8 Å². The standard InChI is InChI=1S/C17H26BrNO/c1-11(2)10-20-16-9-15(17(16,4)5)19-14-8-6-7-13(18)12(14)3/h6-8,11,15-16,19H,9-10H2,1-5H3. The molecule has 0 aliphatic heterocycles. The molecule has 1 aliphatic carbocycles. The molecule has 20 heavy (non-hydrogen) atoms. The number of benzene rings is 1. The Morgan fingerprint density at radius 2 is 2.10 bits per heavy atom. The van der Waals surface area contributed by atoms with Crippen molar-refractivity contribution < 1.29 is 4.74 Å². The molecule has 3 heteroatoms. The van der Waals surface area contributed by atoms with Gasteiger partial charge in [0.2, 0.25) is 0 Å². The summed E-state index contributed by atoms with van der Waals surface area (Å²) < 4.78 is 7.19. The van der Waals surface area contributed by atoms with Crippen molar-refractivity contribution in [2.75, 3.05) is 11.9 Å². The number of nitrogens with one attached hydrogen (secondary N) is 1. The molecule has 0 heterocycles. The maximum absolute atomic E-state index is 6.03. The summed E-state index contributed by atoms with van der Waals surface area (Å²) in [5, 5.41) is 3.69. The summed E-state index contributed by atoms with van der Waals surface area (Å²) in [5.41, 5.74) is 2.68. The molecule has 0 saturated heterocycles. The third-order valence-corrected chi connectivity index (χ3v) is 5.26. The van der Waals surface area contributed by atoms with E-state index >= 15 is 0 Å². The monoisotopic (exact) mass is 339 g/mol. The van der Waals surface area contributed by atoms with Crippen LogP contribution in [0.15, 0.2) is 22.7 Å². The van der Waals surface area contributed by atoms with Gasteiger partial charge < -0.3 is 10.1 Å². The topological polar surface area (TPSA) is 21.3 Å². The summed E-state index contributed by atoms with van der Waals surface area (Å²) in [6, 6.07) is 6.80. The summed E-state index contributed by atoms with van der Waals surface area (Å²) in [6.45, 7) is 12.0. The van der Waals surface area contributed by atoms with Crippen LogP contribution in [0.2, 0.25) is 0 Å². The smallest absolute Gasteiger partial charge is 0.0665 e. The second-order valence-electron chi connectivity index (χ2n) is 6.88. The van der Waals surface area contributed by atoms with Gasteiger partial charge in [-0.3, -0.25) is 0 Å². The van der Waals surface area contributed by atoms with Gasteiger partial charge in [-0.05, 0) is 37.0 Å². The fourth-order valence-electron chi connectivity index (χ4n) is 2.67. The first-order chi connectivity index (χ1) is 9.32. The van der Waals surface area contributed by atoms with Gasteiger partial charge >= 0.3 is 0 Å². The zero-order valence-electron chi connectivity index (χ0n) is 13.2. The molecule has 1 aliphatic rings. The highest BCUT2D eigenvalue weighted by atomic mass is 79.9. The average molecular weight is 340 g/mol. The van der Waals surface area contributed by atoms with Gasteiger partial charge in [0.05, 0.1) is 6.10 Å². The van der Waals surface area contributed by atoms with Crippen LogP contribution in [0.3, 0.4) is 0 Å². The van der Waals surface area contributed by atoms with E-state index in [1.807, 2.05) is 0 Å². The lowest BCUT2D eigenvalue weighted by molar-refractivity contribution is -0.108. The predicted molar refractivity (Wildman–Crippen MR) is 89.3 cm³/mol. The fourth-order valence-corrected chi connectivity index (χ4v) is 3.04. The molecule has 1 aromatic rings. The number of hydrogen-bond acceptors (Lipinski definition) is 2. The van der Waals surface area contributed by atoms with Gasteiger partial charge in [-0.1, -0.05) is 49.7 Å². The van der Waals surface area contributed by atoms with Gasteiger partial charge in [0, 0.05) is 28.2 Å². The Kier molecular flexibility index (Phi) is 4.80. The van der Waals surface area contributed by atoms with Gasteiger partial charge in [0.25, 0.3) is 0 Å². The molecule has 1 saturated carbocycles. The molecule has 2 unspecified atom stereocenters. The van der Waals surface area contributed by atoms with Crippen molar-refractivity contribution in [2.24, 2.45) is 11.3 Å².